The highest BCUT2D eigenvalue weighted by atomic mass is 32.1. The molecule has 20 heavy (non-hydrogen) atoms. The zero-order valence-corrected chi connectivity index (χ0v) is 12.7. The molecular weight excluding hydrogens is 276 g/mol. The van der Waals surface area contributed by atoms with Crippen molar-refractivity contribution >= 4 is 17.3 Å². The summed E-state index contributed by atoms with van der Waals surface area (Å²) in [6.07, 6.45) is 1.83. The number of aromatic nitrogens is 2. The SMILES string of the molecule is CCc1nc(COC(=O)CCc2c(C)noc2C)cs1. The van der Waals surface area contributed by atoms with Gasteiger partial charge in [-0.05, 0) is 26.7 Å². The van der Waals surface area contributed by atoms with E-state index >= 15 is 0 Å². The van der Waals surface area contributed by atoms with Crippen LogP contribution >= 0.6 is 11.3 Å². The Bertz CT molecular complexity index is 570. The predicted molar refractivity (Wildman–Crippen MR) is 75.6 cm³/mol. The van der Waals surface area contributed by atoms with Gasteiger partial charge >= 0.3 is 5.97 Å². The molecule has 0 radical (unpaired) electrons. The minimum atomic E-state index is -0.226. The van der Waals surface area contributed by atoms with Crippen LogP contribution in [0.4, 0.5) is 0 Å². The zero-order valence-electron chi connectivity index (χ0n) is 11.9. The van der Waals surface area contributed by atoms with Gasteiger partial charge in [-0.2, -0.15) is 0 Å². The molecule has 5 nitrogen and oxygen atoms in total. The van der Waals surface area contributed by atoms with Crippen LogP contribution in [0.1, 0.15) is 41.1 Å². The minimum Gasteiger partial charge on any atom is -0.459 e. The molecule has 0 aromatic carbocycles. The molecule has 0 bridgehead atoms. The fourth-order valence-corrected chi connectivity index (χ4v) is 2.62. The first-order valence-electron chi connectivity index (χ1n) is 6.60. The average Bonchev–Trinajstić information content (AvgIpc) is 3.02. The van der Waals surface area contributed by atoms with Crippen LogP contribution in [0, 0.1) is 13.8 Å². The van der Waals surface area contributed by atoms with Crippen LogP contribution in [-0.4, -0.2) is 16.1 Å². The van der Waals surface area contributed by atoms with E-state index in [1.54, 1.807) is 11.3 Å². The van der Waals surface area contributed by atoms with E-state index in [1.807, 2.05) is 19.2 Å². The molecule has 2 aromatic rings. The highest BCUT2D eigenvalue weighted by Crippen LogP contribution is 2.15. The van der Waals surface area contributed by atoms with Crippen LogP contribution in [-0.2, 0) is 29.0 Å². The molecule has 0 N–H and O–H groups in total. The topological polar surface area (TPSA) is 65.2 Å². The molecule has 108 valence electrons. The van der Waals surface area contributed by atoms with E-state index < -0.39 is 0 Å². The third-order valence-electron chi connectivity index (χ3n) is 3.04. The molecule has 0 atom stereocenters. The number of ether oxygens (including phenoxy) is 1. The predicted octanol–water partition coefficient (Wildman–Crippen LogP) is 2.99. The number of nitrogens with zero attached hydrogens (tertiary/aromatic N) is 2. The van der Waals surface area contributed by atoms with E-state index in [9.17, 15) is 4.79 Å². The summed E-state index contributed by atoms with van der Waals surface area (Å²) in [5.74, 6) is 0.540. The zero-order chi connectivity index (χ0) is 14.5. The molecule has 2 rings (SSSR count). The van der Waals surface area contributed by atoms with Gasteiger partial charge in [-0.15, -0.1) is 11.3 Å². The van der Waals surface area contributed by atoms with Gasteiger partial charge in [-0.1, -0.05) is 12.1 Å². The molecular formula is C14H18N2O3S. The van der Waals surface area contributed by atoms with E-state index in [4.69, 9.17) is 9.26 Å². The monoisotopic (exact) mass is 294 g/mol. The van der Waals surface area contributed by atoms with Crippen LogP contribution in [0.15, 0.2) is 9.90 Å². The third kappa shape index (κ3) is 3.66. The number of thiazole rings is 1. The van der Waals surface area contributed by atoms with E-state index in [1.165, 1.54) is 0 Å². The van der Waals surface area contributed by atoms with Gasteiger partial charge in [0.05, 0.1) is 16.4 Å². The molecule has 0 fully saturated rings. The number of esters is 1. The molecule has 0 unspecified atom stereocenters. The Morgan fingerprint density at radius 2 is 2.25 bits per heavy atom. The Hall–Kier alpha value is -1.69. The van der Waals surface area contributed by atoms with E-state index in [0.29, 0.717) is 12.8 Å². The summed E-state index contributed by atoms with van der Waals surface area (Å²) in [4.78, 5) is 16.1. The van der Waals surface area contributed by atoms with Crippen molar-refractivity contribution in [1.29, 1.82) is 0 Å². The van der Waals surface area contributed by atoms with Gasteiger partial charge in [0.25, 0.3) is 0 Å². The average molecular weight is 294 g/mol. The third-order valence-corrected chi connectivity index (χ3v) is 4.09. The lowest BCUT2D eigenvalue weighted by molar-refractivity contribution is -0.145. The highest BCUT2D eigenvalue weighted by Gasteiger charge is 2.12. The van der Waals surface area contributed by atoms with E-state index in [2.05, 4.69) is 17.1 Å². The molecule has 2 aromatic heterocycles. The molecule has 0 aliphatic rings. The fourth-order valence-electron chi connectivity index (χ4n) is 1.89. The summed E-state index contributed by atoms with van der Waals surface area (Å²) >= 11 is 1.59. The smallest absolute Gasteiger partial charge is 0.306 e. The number of hydrogen-bond acceptors (Lipinski definition) is 6. The van der Waals surface area contributed by atoms with Gasteiger partial charge in [0, 0.05) is 17.4 Å². The Morgan fingerprint density at radius 3 is 2.85 bits per heavy atom. The summed E-state index contributed by atoms with van der Waals surface area (Å²) in [5.41, 5.74) is 2.64. The van der Waals surface area contributed by atoms with Crippen molar-refractivity contribution in [2.75, 3.05) is 0 Å². The summed E-state index contributed by atoms with van der Waals surface area (Å²) in [6, 6.07) is 0. The summed E-state index contributed by atoms with van der Waals surface area (Å²) < 4.78 is 10.3. The molecule has 0 spiro atoms. The summed E-state index contributed by atoms with van der Waals surface area (Å²) in [5, 5.41) is 6.86. The van der Waals surface area contributed by atoms with Crippen molar-refractivity contribution in [2.45, 2.75) is 46.6 Å². The Kier molecular flexibility index (Phi) is 4.89. The number of hydrogen-bond donors (Lipinski definition) is 0. The van der Waals surface area contributed by atoms with Gasteiger partial charge in [0.1, 0.15) is 12.4 Å². The molecule has 6 heteroatoms. The maximum absolute atomic E-state index is 11.7. The second kappa shape index (κ2) is 6.65. The van der Waals surface area contributed by atoms with Gasteiger partial charge in [0.2, 0.25) is 0 Å². The number of carbonyl (C=O) groups is 1. The van der Waals surface area contributed by atoms with Crippen LogP contribution < -0.4 is 0 Å². The highest BCUT2D eigenvalue weighted by molar-refractivity contribution is 7.09. The first-order chi connectivity index (χ1) is 9.60. The number of carbonyl (C=O) groups excluding carboxylic acids is 1. The standard InChI is InChI=1S/C14H18N2O3S/c1-4-13-15-11(8-20-13)7-18-14(17)6-5-12-9(2)16-19-10(12)3/h8H,4-7H2,1-3H3. The second-order valence-corrected chi connectivity index (χ2v) is 5.49. The molecule has 0 aliphatic carbocycles. The molecule has 0 amide bonds. The lowest BCUT2D eigenvalue weighted by atomic mass is 10.1. The number of aryl methyl sites for hydroxylation is 3. The van der Waals surface area contributed by atoms with Crippen LogP contribution in [0.2, 0.25) is 0 Å². The van der Waals surface area contributed by atoms with Crippen LogP contribution in [0.25, 0.3) is 0 Å². The lowest BCUT2D eigenvalue weighted by Crippen LogP contribution is -2.06. The van der Waals surface area contributed by atoms with Crippen molar-refractivity contribution in [3.8, 4) is 0 Å². The van der Waals surface area contributed by atoms with Crippen molar-refractivity contribution in [3.63, 3.8) is 0 Å². The quantitative estimate of drug-likeness (QED) is 0.766. The maximum atomic E-state index is 11.7. The molecule has 2 heterocycles. The lowest BCUT2D eigenvalue weighted by Gasteiger charge is -2.02. The van der Waals surface area contributed by atoms with Crippen LogP contribution in [0.5, 0.6) is 0 Å². The summed E-state index contributed by atoms with van der Waals surface area (Å²) in [7, 11) is 0. The van der Waals surface area contributed by atoms with E-state index in [-0.39, 0.29) is 12.6 Å². The molecule has 0 saturated heterocycles. The van der Waals surface area contributed by atoms with Crippen molar-refractivity contribution in [2.24, 2.45) is 0 Å². The van der Waals surface area contributed by atoms with Gasteiger partial charge < -0.3 is 9.26 Å². The minimum absolute atomic E-state index is 0.226. The second-order valence-electron chi connectivity index (χ2n) is 4.55. The van der Waals surface area contributed by atoms with Gasteiger partial charge in [0.15, 0.2) is 0 Å². The normalized spacial score (nSPS) is 10.8. The number of rotatable bonds is 6. The van der Waals surface area contributed by atoms with Crippen LogP contribution in [0.3, 0.4) is 0 Å². The van der Waals surface area contributed by atoms with Crippen molar-refractivity contribution in [3.05, 3.63) is 33.1 Å². The van der Waals surface area contributed by atoms with Crippen molar-refractivity contribution in [1.82, 2.24) is 10.1 Å². The Balaban J connectivity index is 1.78. The fraction of sp³-hybridized carbons (Fsp3) is 0.500. The molecule has 0 saturated carbocycles. The first-order valence-corrected chi connectivity index (χ1v) is 7.48. The van der Waals surface area contributed by atoms with Gasteiger partial charge in [-0.25, -0.2) is 4.98 Å². The van der Waals surface area contributed by atoms with E-state index in [0.717, 1.165) is 34.1 Å². The van der Waals surface area contributed by atoms with Gasteiger partial charge in [-0.3, -0.25) is 4.79 Å². The maximum Gasteiger partial charge on any atom is 0.306 e. The molecule has 0 aliphatic heterocycles. The largest absolute Gasteiger partial charge is 0.459 e. The Labute approximate surface area is 122 Å². The summed E-state index contributed by atoms with van der Waals surface area (Å²) in [6.45, 7) is 6.02. The first kappa shape index (κ1) is 14.7. The van der Waals surface area contributed by atoms with Crippen molar-refractivity contribution < 1.29 is 14.1 Å². The Morgan fingerprint density at radius 1 is 1.45 bits per heavy atom.